The van der Waals surface area contributed by atoms with E-state index in [0.717, 1.165) is 40.9 Å². The van der Waals surface area contributed by atoms with Gasteiger partial charge in [0, 0.05) is 11.7 Å². The van der Waals surface area contributed by atoms with Crippen molar-refractivity contribution in [2.45, 2.75) is 18.9 Å². The molecule has 0 saturated heterocycles. The number of aromatic nitrogens is 4. The second-order valence-corrected chi connectivity index (χ2v) is 6.19. The van der Waals surface area contributed by atoms with Crippen molar-refractivity contribution < 1.29 is 0 Å². The van der Waals surface area contributed by atoms with Crippen molar-refractivity contribution in [2.24, 2.45) is 0 Å². The van der Waals surface area contributed by atoms with Crippen LogP contribution in [0.25, 0.3) is 28.0 Å². The van der Waals surface area contributed by atoms with E-state index in [2.05, 4.69) is 15.6 Å². The monoisotopic (exact) mass is 314 g/mol. The second-order valence-electron chi connectivity index (χ2n) is 6.19. The fourth-order valence-electron chi connectivity index (χ4n) is 3.20. The number of hydrogen-bond donors (Lipinski definition) is 1. The minimum atomic E-state index is 0.435. The Morgan fingerprint density at radius 2 is 1.96 bits per heavy atom. The van der Waals surface area contributed by atoms with Crippen LogP contribution in [0, 0.1) is 11.3 Å². The number of nitrogens with zero attached hydrogens (tertiary/aromatic N) is 5. The predicted octanol–water partition coefficient (Wildman–Crippen LogP) is 3.16. The summed E-state index contributed by atoms with van der Waals surface area (Å²) in [5.74, 6) is 0.842. The summed E-state index contributed by atoms with van der Waals surface area (Å²) in [5, 5.41) is 9.19. The number of imidazole rings is 2. The fraction of sp³-hybridized carbons (Fsp3) is 0.167. The number of nitriles is 1. The smallest absolute Gasteiger partial charge is 0.216 e. The number of nitrogen functional groups attached to an aromatic ring is 1. The molecule has 0 radical (unpaired) electrons. The molecule has 6 nitrogen and oxygen atoms in total. The maximum absolute atomic E-state index is 9.19. The summed E-state index contributed by atoms with van der Waals surface area (Å²) >= 11 is 0. The number of rotatable bonds is 2. The van der Waals surface area contributed by atoms with Gasteiger partial charge in [-0.05, 0) is 49.2 Å². The lowest BCUT2D eigenvalue weighted by atomic mass is 10.2. The third-order valence-corrected chi connectivity index (χ3v) is 4.50. The van der Waals surface area contributed by atoms with Crippen LogP contribution in [0.1, 0.15) is 24.4 Å². The highest BCUT2D eigenvalue weighted by Crippen LogP contribution is 2.40. The van der Waals surface area contributed by atoms with Crippen molar-refractivity contribution in [1.82, 2.24) is 19.1 Å². The zero-order valence-electron chi connectivity index (χ0n) is 12.8. The highest BCUT2D eigenvalue weighted by Gasteiger charge is 2.29. The van der Waals surface area contributed by atoms with Crippen molar-refractivity contribution in [3.63, 3.8) is 0 Å². The Balaban J connectivity index is 1.82. The van der Waals surface area contributed by atoms with E-state index in [1.807, 2.05) is 41.0 Å². The maximum Gasteiger partial charge on any atom is 0.216 e. The van der Waals surface area contributed by atoms with E-state index in [4.69, 9.17) is 10.7 Å². The van der Waals surface area contributed by atoms with E-state index in [1.54, 1.807) is 6.33 Å². The Bertz CT molecular complexity index is 1140. The number of benzene rings is 2. The lowest BCUT2D eigenvalue weighted by Crippen LogP contribution is -2.04. The molecule has 0 bridgehead atoms. The Labute approximate surface area is 137 Å². The Morgan fingerprint density at radius 1 is 1.08 bits per heavy atom. The van der Waals surface area contributed by atoms with E-state index >= 15 is 0 Å². The summed E-state index contributed by atoms with van der Waals surface area (Å²) in [4.78, 5) is 9.27. The third kappa shape index (κ3) is 1.82. The lowest BCUT2D eigenvalue weighted by molar-refractivity contribution is 0.728. The molecular weight excluding hydrogens is 300 g/mol. The molecule has 5 rings (SSSR count). The first-order chi connectivity index (χ1) is 11.7. The van der Waals surface area contributed by atoms with Crippen molar-refractivity contribution in [3.05, 3.63) is 48.3 Å². The van der Waals surface area contributed by atoms with Gasteiger partial charge >= 0.3 is 0 Å². The first kappa shape index (κ1) is 13.1. The number of fused-ring (bicyclic) bond motifs is 2. The molecule has 2 aromatic heterocycles. The molecule has 0 amide bonds. The molecule has 4 aromatic rings. The molecule has 1 aliphatic carbocycles. The third-order valence-electron chi connectivity index (χ3n) is 4.50. The quantitative estimate of drug-likeness (QED) is 0.576. The molecule has 2 N–H and O–H groups in total. The summed E-state index contributed by atoms with van der Waals surface area (Å²) in [6.07, 6.45) is 4.05. The van der Waals surface area contributed by atoms with Crippen LogP contribution >= 0.6 is 0 Å². The first-order valence-corrected chi connectivity index (χ1v) is 7.89. The Morgan fingerprint density at radius 3 is 2.75 bits per heavy atom. The first-order valence-electron chi connectivity index (χ1n) is 7.89. The van der Waals surface area contributed by atoms with Crippen molar-refractivity contribution >= 4 is 27.8 Å². The van der Waals surface area contributed by atoms with Gasteiger partial charge in [0.15, 0.2) is 0 Å². The van der Waals surface area contributed by atoms with Crippen LogP contribution in [0.2, 0.25) is 0 Å². The minimum Gasteiger partial charge on any atom is -0.399 e. The number of nitrogens with two attached hydrogens (primary N) is 1. The van der Waals surface area contributed by atoms with E-state index < -0.39 is 0 Å². The molecule has 6 heteroatoms. The van der Waals surface area contributed by atoms with Gasteiger partial charge in [0.25, 0.3) is 0 Å². The molecule has 24 heavy (non-hydrogen) atoms. The van der Waals surface area contributed by atoms with Crippen LogP contribution < -0.4 is 5.73 Å². The normalized spacial score (nSPS) is 14.3. The fourth-order valence-corrected chi connectivity index (χ4v) is 3.20. The summed E-state index contributed by atoms with van der Waals surface area (Å²) in [5.41, 5.74) is 10.9. The molecular formula is C18H14N6. The van der Waals surface area contributed by atoms with E-state index in [0.29, 0.717) is 17.3 Å². The van der Waals surface area contributed by atoms with Gasteiger partial charge in [-0.3, -0.25) is 4.57 Å². The van der Waals surface area contributed by atoms with Gasteiger partial charge in [-0.15, -0.1) is 0 Å². The van der Waals surface area contributed by atoms with Gasteiger partial charge in [0.2, 0.25) is 5.95 Å². The number of hydrogen-bond acceptors (Lipinski definition) is 4. The molecule has 0 spiro atoms. The van der Waals surface area contributed by atoms with Gasteiger partial charge < -0.3 is 10.3 Å². The van der Waals surface area contributed by atoms with E-state index in [-0.39, 0.29) is 0 Å². The Kier molecular flexibility index (Phi) is 2.51. The topological polar surface area (TPSA) is 85.4 Å². The van der Waals surface area contributed by atoms with Crippen LogP contribution in [0.5, 0.6) is 0 Å². The Hall–Kier alpha value is -3.33. The predicted molar refractivity (Wildman–Crippen MR) is 91.8 cm³/mol. The number of anilines is 1. The molecule has 1 fully saturated rings. The standard InChI is InChI=1S/C18H14N6/c19-9-11-1-5-14-17(7-11)24(13-3-4-13)18(22-14)23-10-21-15-8-12(20)2-6-16(15)23/h1-2,5-8,10,13H,3-4,20H2. The molecule has 0 aliphatic heterocycles. The molecule has 2 heterocycles. The molecule has 2 aromatic carbocycles. The van der Waals surface area contributed by atoms with Gasteiger partial charge in [0.05, 0.1) is 33.7 Å². The van der Waals surface area contributed by atoms with Crippen LogP contribution in [0.4, 0.5) is 5.69 Å². The van der Waals surface area contributed by atoms with Gasteiger partial charge in [-0.2, -0.15) is 5.26 Å². The summed E-state index contributed by atoms with van der Waals surface area (Å²) < 4.78 is 4.23. The van der Waals surface area contributed by atoms with Gasteiger partial charge in [-0.1, -0.05) is 0 Å². The van der Waals surface area contributed by atoms with Crippen LogP contribution in [-0.4, -0.2) is 19.1 Å². The van der Waals surface area contributed by atoms with E-state index in [1.165, 1.54) is 0 Å². The van der Waals surface area contributed by atoms with Gasteiger partial charge in [-0.25, -0.2) is 9.97 Å². The highest BCUT2D eigenvalue weighted by atomic mass is 15.3. The van der Waals surface area contributed by atoms with Crippen LogP contribution in [-0.2, 0) is 0 Å². The molecule has 1 saturated carbocycles. The lowest BCUT2D eigenvalue weighted by Gasteiger charge is -2.09. The molecule has 116 valence electrons. The highest BCUT2D eigenvalue weighted by molar-refractivity contribution is 5.83. The molecule has 0 unspecified atom stereocenters. The van der Waals surface area contributed by atoms with Crippen molar-refractivity contribution in [3.8, 4) is 12.0 Å². The van der Waals surface area contributed by atoms with Gasteiger partial charge in [0.1, 0.15) is 6.33 Å². The van der Waals surface area contributed by atoms with Crippen molar-refractivity contribution in [2.75, 3.05) is 5.73 Å². The average molecular weight is 314 g/mol. The largest absolute Gasteiger partial charge is 0.399 e. The molecule has 0 atom stereocenters. The minimum absolute atomic E-state index is 0.435. The second kappa shape index (κ2) is 4.59. The zero-order valence-corrected chi connectivity index (χ0v) is 12.8. The average Bonchev–Trinajstić information content (AvgIpc) is 3.24. The van der Waals surface area contributed by atoms with Crippen LogP contribution in [0.15, 0.2) is 42.7 Å². The zero-order chi connectivity index (χ0) is 16.3. The SMILES string of the molecule is N#Cc1ccc2nc(-n3cnc4cc(N)ccc43)n(C3CC3)c2c1. The molecule has 1 aliphatic rings. The van der Waals surface area contributed by atoms with Crippen molar-refractivity contribution in [1.29, 1.82) is 5.26 Å². The van der Waals surface area contributed by atoms with E-state index in [9.17, 15) is 5.26 Å². The summed E-state index contributed by atoms with van der Waals surface area (Å²) in [7, 11) is 0. The maximum atomic E-state index is 9.19. The summed E-state index contributed by atoms with van der Waals surface area (Å²) in [6.45, 7) is 0. The summed E-state index contributed by atoms with van der Waals surface area (Å²) in [6, 6.07) is 14.0. The van der Waals surface area contributed by atoms with Crippen LogP contribution in [0.3, 0.4) is 0 Å².